The highest BCUT2D eigenvalue weighted by molar-refractivity contribution is 6.08. The van der Waals surface area contributed by atoms with Crippen molar-refractivity contribution < 1.29 is 9.21 Å². The molecule has 2 aromatic rings. The van der Waals surface area contributed by atoms with Crippen molar-refractivity contribution in [2.24, 2.45) is 0 Å². The number of nitrogens with zero attached hydrogens (tertiary/aromatic N) is 1. The molecular formula is C15H19NO2. The highest BCUT2D eigenvalue weighted by Gasteiger charge is 2.17. The second kappa shape index (κ2) is 5.36. The number of hydrogen-bond donors (Lipinski definition) is 0. The Balaban J connectivity index is 2.19. The van der Waals surface area contributed by atoms with Crippen LogP contribution in [0, 0.1) is 0 Å². The van der Waals surface area contributed by atoms with Gasteiger partial charge in [-0.05, 0) is 26.5 Å². The molecule has 0 saturated heterocycles. The van der Waals surface area contributed by atoms with Gasteiger partial charge in [0.15, 0.2) is 5.78 Å². The molecular weight excluding hydrogens is 226 g/mol. The van der Waals surface area contributed by atoms with E-state index in [-0.39, 0.29) is 5.78 Å². The fraction of sp³-hybridized carbons (Fsp3) is 0.400. The molecule has 1 heterocycles. The van der Waals surface area contributed by atoms with Crippen molar-refractivity contribution in [2.45, 2.75) is 26.3 Å². The number of hydrogen-bond acceptors (Lipinski definition) is 3. The van der Waals surface area contributed by atoms with Crippen LogP contribution in [-0.2, 0) is 0 Å². The molecule has 3 heteroatoms. The number of carbonyl (C=O) groups excluding carboxylic acids is 1. The van der Waals surface area contributed by atoms with Gasteiger partial charge in [-0.2, -0.15) is 0 Å². The highest BCUT2D eigenvalue weighted by atomic mass is 16.3. The van der Waals surface area contributed by atoms with Crippen molar-refractivity contribution in [1.82, 2.24) is 4.90 Å². The minimum absolute atomic E-state index is 0.114. The number of likely N-dealkylation sites (N-methyl/N-ethyl adjacent to an activating group) is 1. The molecule has 0 spiro atoms. The summed E-state index contributed by atoms with van der Waals surface area (Å²) in [5.41, 5.74) is 1.45. The largest absolute Gasteiger partial charge is 0.464 e. The first kappa shape index (κ1) is 12.8. The molecule has 1 aromatic carbocycles. The molecule has 3 nitrogen and oxygen atoms in total. The van der Waals surface area contributed by atoms with Crippen LogP contribution in [0.3, 0.4) is 0 Å². The van der Waals surface area contributed by atoms with Crippen LogP contribution in [-0.4, -0.2) is 30.3 Å². The number of carbonyl (C=O) groups is 1. The Kier molecular flexibility index (Phi) is 3.82. The summed E-state index contributed by atoms with van der Waals surface area (Å²) in [4.78, 5) is 14.3. The van der Waals surface area contributed by atoms with E-state index in [4.69, 9.17) is 4.42 Å². The van der Waals surface area contributed by atoms with E-state index in [0.29, 0.717) is 18.2 Å². The molecule has 0 fully saturated rings. The topological polar surface area (TPSA) is 33.5 Å². The van der Waals surface area contributed by atoms with Crippen LogP contribution < -0.4 is 0 Å². The van der Waals surface area contributed by atoms with Crippen molar-refractivity contribution in [3.63, 3.8) is 0 Å². The normalized spacial score (nSPS) is 13.1. The lowest BCUT2D eigenvalue weighted by Gasteiger charge is -2.22. The molecule has 2 rings (SSSR count). The van der Waals surface area contributed by atoms with Crippen molar-refractivity contribution in [2.75, 3.05) is 13.6 Å². The van der Waals surface area contributed by atoms with E-state index >= 15 is 0 Å². The quantitative estimate of drug-likeness (QED) is 0.757. The predicted molar refractivity (Wildman–Crippen MR) is 72.9 cm³/mol. The van der Waals surface area contributed by atoms with Gasteiger partial charge in [-0.3, -0.25) is 9.69 Å². The summed E-state index contributed by atoms with van der Waals surface area (Å²) in [5.74, 6) is 0.114. The van der Waals surface area contributed by atoms with E-state index in [1.54, 1.807) is 6.26 Å². The first-order valence-corrected chi connectivity index (χ1v) is 6.33. The fourth-order valence-corrected chi connectivity index (χ4v) is 1.97. The number of rotatable bonds is 5. The van der Waals surface area contributed by atoms with Gasteiger partial charge in [-0.25, -0.2) is 0 Å². The first-order valence-electron chi connectivity index (χ1n) is 6.33. The van der Waals surface area contributed by atoms with Crippen LogP contribution >= 0.6 is 0 Å². The lowest BCUT2D eigenvalue weighted by Crippen LogP contribution is -2.33. The van der Waals surface area contributed by atoms with Crippen molar-refractivity contribution >= 4 is 16.8 Å². The molecule has 1 atom stereocenters. The highest BCUT2D eigenvalue weighted by Crippen LogP contribution is 2.21. The third kappa shape index (κ3) is 2.46. The van der Waals surface area contributed by atoms with E-state index in [0.717, 1.165) is 17.4 Å². The molecule has 0 amide bonds. The van der Waals surface area contributed by atoms with Crippen LogP contribution in [0.1, 0.15) is 30.6 Å². The number of furan rings is 1. The maximum Gasteiger partial charge on any atom is 0.180 e. The maximum atomic E-state index is 12.2. The van der Waals surface area contributed by atoms with E-state index in [2.05, 4.69) is 18.7 Å². The Bertz CT molecular complexity index is 544. The van der Waals surface area contributed by atoms with E-state index < -0.39 is 0 Å². The van der Waals surface area contributed by atoms with Gasteiger partial charge in [0.1, 0.15) is 11.8 Å². The van der Waals surface area contributed by atoms with E-state index in [9.17, 15) is 4.79 Å². The van der Waals surface area contributed by atoms with Crippen LogP contribution in [0.25, 0.3) is 11.0 Å². The zero-order valence-electron chi connectivity index (χ0n) is 11.1. The molecule has 0 aliphatic heterocycles. The minimum atomic E-state index is 0.114. The Morgan fingerprint density at radius 2 is 2.11 bits per heavy atom. The lowest BCUT2D eigenvalue weighted by molar-refractivity contribution is 0.0924. The summed E-state index contributed by atoms with van der Waals surface area (Å²) in [7, 11) is 1.98. The van der Waals surface area contributed by atoms with Crippen LogP contribution in [0.4, 0.5) is 0 Å². The Hall–Kier alpha value is -1.61. The lowest BCUT2D eigenvalue weighted by atomic mass is 10.1. The molecule has 0 N–H and O–H groups in total. The number of para-hydroxylation sites is 1. The number of fused-ring (bicyclic) bond motifs is 1. The number of ketones is 1. The SMILES string of the molecule is CCC(C)N(C)CC(=O)c1coc2ccccc12. The van der Waals surface area contributed by atoms with Gasteiger partial charge in [-0.15, -0.1) is 0 Å². The predicted octanol–water partition coefficient (Wildman–Crippen LogP) is 3.35. The van der Waals surface area contributed by atoms with Crippen LogP contribution in [0.5, 0.6) is 0 Å². The van der Waals surface area contributed by atoms with Gasteiger partial charge in [0.05, 0.1) is 12.1 Å². The second-order valence-corrected chi connectivity index (χ2v) is 4.74. The summed E-state index contributed by atoms with van der Waals surface area (Å²) in [6, 6.07) is 8.05. The number of Topliss-reactive ketones (excluding diaryl/α,β-unsaturated/α-hetero) is 1. The first-order chi connectivity index (χ1) is 8.63. The minimum Gasteiger partial charge on any atom is -0.464 e. The fourth-order valence-electron chi connectivity index (χ4n) is 1.97. The molecule has 0 bridgehead atoms. The molecule has 96 valence electrons. The zero-order chi connectivity index (χ0) is 13.1. The zero-order valence-corrected chi connectivity index (χ0v) is 11.1. The third-order valence-electron chi connectivity index (χ3n) is 3.52. The van der Waals surface area contributed by atoms with Crippen LogP contribution in [0.15, 0.2) is 34.9 Å². The number of benzene rings is 1. The Labute approximate surface area is 107 Å². The summed E-state index contributed by atoms with van der Waals surface area (Å²) in [6.07, 6.45) is 2.60. The van der Waals surface area contributed by atoms with Crippen molar-refractivity contribution in [1.29, 1.82) is 0 Å². The average molecular weight is 245 g/mol. The smallest absolute Gasteiger partial charge is 0.180 e. The standard InChI is InChI=1S/C15H19NO2/c1-4-11(2)16(3)9-14(17)13-10-18-15-8-6-5-7-12(13)15/h5-8,10-11H,4,9H2,1-3H3. The summed E-state index contributed by atoms with van der Waals surface area (Å²) >= 11 is 0. The summed E-state index contributed by atoms with van der Waals surface area (Å²) < 4.78 is 5.40. The van der Waals surface area contributed by atoms with Crippen molar-refractivity contribution in [3.05, 3.63) is 36.1 Å². The Morgan fingerprint density at radius 1 is 1.39 bits per heavy atom. The molecule has 18 heavy (non-hydrogen) atoms. The van der Waals surface area contributed by atoms with Crippen LogP contribution in [0.2, 0.25) is 0 Å². The summed E-state index contributed by atoms with van der Waals surface area (Å²) in [5, 5.41) is 0.903. The monoisotopic (exact) mass is 245 g/mol. The average Bonchev–Trinajstić information content (AvgIpc) is 2.81. The van der Waals surface area contributed by atoms with Gasteiger partial charge in [-0.1, -0.05) is 25.1 Å². The third-order valence-corrected chi connectivity index (χ3v) is 3.52. The van der Waals surface area contributed by atoms with E-state index in [1.807, 2.05) is 31.3 Å². The molecule has 1 aromatic heterocycles. The van der Waals surface area contributed by atoms with Gasteiger partial charge >= 0.3 is 0 Å². The molecule has 0 radical (unpaired) electrons. The summed E-state index contributed by atoms with van der Waals surface area (Å²) in [6.45, 7) is 4.68. The van der Waals surface area contributed by atoms with Gasteiger partial charge in [0, 0.05) is 11.4 Å². The Morgan fingerprint density at radius 3 is 2.83 bits per heavy atom. The molecule has 0 aliphatic carbocycles. The maximum absolute atomic E-state index is 12.2. The molecule has 0 saturated carbocycles. The van der Waals surface area contributed by atoms with E-state index in [1.165, 1.54) is 0 Å². The van der Waals surface area contributed by atoms with Gasteiger partial charge in [0.2, 0.25) is 0 Å². The van der Waals surface area contributed by atoms with Crippen molar-refractivity contribution in [3.8, 4) is 0 Å². The van der Waals surface area contributed by atoms with Gasteiger partial charge < -0.3 is 4.42 Å². The van der Waals surface area contributed by atoms with Gasteiger partial charge in [0.25, 0.3) is 0 Å². The second-order valence-electron chi connectivity index (χ2n) is 4.74. The molecule has 0 aliphatic rings. The molecule has 1 unspecified atom stereocenters.